The number of fused-ring (bicyclic) bond motifs is 3. The largest absolute Gasteiger partial charge is 0.456 e. The van der Waals surface area contributed by atoms with Gasteiger partial charge in [-0.25, -0.2) is 9.97 Å². The van der Waals surface area contributed by atoms with Gasteiger partial charge in [0.1, 0.15) is 11.2 Å². The summed E-state index contributed by atoms with van der Waals surface area (Å²) >= 11 is 0. The minimum absolute atomic E-state index is 0.108. The number of rotatable bonds is 10. The predicted molar refractivity (Wildman–Crippen MR) is 257 cm³/mol. The topological polar surface area (TPSA) is 51.8 Å². The van der Waals surface area contributed by atoms with Gasteiger partial charge in [0, 0.05) is 45.7 Å². The molecule has 1 unspecified atom stereocenters. The summed E-state index contributed by atoms with van der Waals surface area (Å²) in [5.74, 6) is 0.933. The van der Waals surface area contributed by atoms with Crippen molar-refractivity contribution in [2.75, 3.05) is 0 Å². The molecule has 0 aliphatic rings. The van der Waals surface area contributed by atoms with Crippen LogP contribution in [-0.4, -0.2) is 15.0 Å². The maximum atomic E-state index is 6.46. The lowest BCUT2D eigenvalue weighted by Gasteiger charge is -2.29. The van der Waals surface area contributed by atoms with E-state index in [0.29, 0.717) is 5.82 Å². The van der Waals surface area contributed by atoms with Gasteiger partial charge in [-0.15, -0.1) is 0 Å². The Morgan fingerprint density at radius 1 is 0.333 bits per heavy atom. The van der Waals surface area contributed by atoms with Crippen LogP contribution in [0.2, 0.25) is 0 Å². The Bertz CT molecular complexity index is 3200. The highest BCUT2D eigenvalue weighted by Crippen LogP contribution is 2.44. The lowest BCUT2D eigenvalue weighted by Crippen LogP contribution is -2.14. The molecule has 0 fully saturated rings. The van der Waals surface area contributed by atoms with Crippen LogP contribution in [-0.2, 0) is 0 Å². The third-order valence-corrected chi connectivity index (χ3v) is 12.1. The minimum atomic E-state index is 0.108. The van der Waals surface area contributed by atoms with Crippen LogP contribution in [0.4, 0.5) is 0 Å². The van der Waals surface area contributed by atoms with Crippen LogP contribution in [0.5, 0.6) is 0 Å². The lowest BCUT2D eigenvalue weighted by atomic mass is 9.73. The summed E-state index contributed by atoms with van der Waals surface area (Å²) in [7, 11) is 0. The average molecular weight is 808 g/mol. The lowest BCUT2D eigenvalue weighted by molar-refractivity contribution is 0.668. The summed E-state index contributed by atoms with van der Waals surface area (Å²) in [5, 5.41) is 2.03. The van der Waals surface area contributed by atoms with E-state index in [4.69, 9.17) is 19.4 Å². The van der Waals surface area contributed by atoms with Gasteiger partial charge >= 0.3 is 0 Å². The van der Waals surface area contributed by atoms with Crippen molar-refractivity contribution in [3.8, 4) is 56.3 Å². The quantitative estimate of drug-likeness (QED) is 0.138. The SMILES string of the molecule is c1ccc(-c2cc(-c3ccc(-c4nccc5oc6ccc(-c7ccc(C(c8ccccc8)C(c8ccccc8)c8ccccc8)cc7)cc6c45)cc3)nc(-c3ccccc3)n2)cc1. The molecule has 1 atom stereocenters. The standard InChI is InChI=1S/C59H41N3O/c1-6-16-41(17-7-1)51-39-52(62-59(61-51)48-24-14-5-15-25-48)42-28-32-47(33-29-42)58-57-50-38-49(34-35-53(50)63-54(57)36-37-60-58)40-26-30-46(31-27-40)56(45-22-12-4-13-23-45)55(43-18-8-2-9-19-43)44-20-10-3-11-21-44/h1-39,55-56H. The summed E-state index contributed by atoms with van der Waals surface area (Å²) in [6.45, 7) is 0. The number of aromatic nitrogens is 3. The monoisotopic (exact) mass is 807 g/mol. The second kappa shape index (κ2) is 16.7. The highest BCUT2D eigenvalue weighted by Gasteiger charge is 2.28. The fourth-order valence-electron chi connectivity index (χ4n) is 9.01. The van der Waals surface area contributed by atoms with Crippen LogP contribution in [0.15, 0.2) is 241 Å². The van der Waals surface area contributed by atoms with Crippen LogP contribution in [0.25, 0.3) is 78.2 Å². The maximum absolute atomic E-state index is 6.46. The van der Waals surface area contributed by atoms with Gasteiger partial charge in [0.05, 0.1) is 22.5 Å². The summed E-state index contributed by atoms with van der Waals surface area (Å²) in [4.78, 5) is 15.0. The van der Waals surface area contributed by atoms with Gasteiger partial charge in [-0.3, -0.25) is 4.98 Å². The van der Waals surface area contributed by atoms with Crippen molar-refractivity contribution in [3.05, 3.63) is 259 Å². The molecule has 298 valence electrons. The molecule has 4 heteroatoms. The Labute approximate surface area is 366 Å². The van der Waals surface area contributed by atoms with Gasteiger partial charge < -0.3 is 4.42 Å². The smallest absolute Gasteiger partial charge is 0.160 e. The number of hydrogen-bond donors (Lipinski definition) is 0. The number of hydrogen-bond acceptors (Lipinski definition) is 4. The van der Waals surface area contributed by atoms with E-state index in [1.54, 1.807) is 0 Å². The van der Waals surface area contributed by atoms with Crippen molar-refractivity contribution in [2.45, 2.75) is 11.8 Å². The molecule has 11 aromatic rings. The molecule has 3 heterocycles. The van der Waals surface area contributed by atoms with Crippen LogP contribution < -0.4 is 0 Å². The number of furan rings is 1. The van der Waals surface area contributed by atoms with Gasteiger partial charge in [-0.1, -0.05) is 206 Å². The molecule has 0 amide bonds. The van der Waals surface area contributed by atoms with E-state index in [2.05, 4.69) is 188 Å². The molecule has 11 rings (SSSR count). The zero-order chi connectivity index (χ0) is 42.0. The Morgan fingerprint density at radius 3 is 1.33 bits per heavy atom. The molecule has 0 spiro atoms. The highest BCUT2D eigenvalue weighted by atomic mass is 16.3. The van der Waals surface area contributed by atoms with Crippen LogP contribution in [0.1, 0.15) is 34.1 Å². The fourth-order valence-corrected chi connectivity index (χ4v) is 9.01. The molecule has 0 aliphatic heterocycles. The van der Waals surface area contributed by atoms with E-state index in [1.807, 2.05) is 48.7 Å². The first-order valence-electron chi connectivity index (χ1n) is 21.4. The third kappa shape index (κ3) is 7.49. The van der Waals surface area contributed by atoms with Gasteiger partial charge in [0.2, 0.25) is 0 Å². The van der Waals surface area contributed by atoms with Gasteiger partial charge in [-0.05, 0) is 57.6 Å². The first-order chi connectivity index (χ1) is 31.2. The average Bonchev–Trinajstić information content (AvgIpc) is 3.75. The second-order valence-corrected chi connectivity index (χ2v) is 15.9. The third-order valence-electron chi connectivity index (χ3n) is 12.1. The normalized spacial score (nSPS) is 11.9. The molecular weight excluding hydrogens is 767 g/mol. The maximum Gasteiger partial charge on any atom is 0.160 e. The van der Waals surface area contributed by atoms with E-state index >= 15 is 0 Å². The first kappa shape index (κ1) is 37.8. The van der Waals surface area contributed by atoms with Crippen LogP contribution in [0, 0.1) is 0 Å². The van der Waals surface area contributed by atoms with Crippen LogP contribution in [0.3, 0.4) is 0 Å². The molecule has 0 N–H and O–H groups in total. The van der Waals surface area contributed by atoms with Crippen molar-refractivity contribution in [1.29, 1.82) is 0 Å². The highest BCUT2D eigenvalue weighted by molar-refractivity contribution is 6.12. The minimum Gasteiger partial charge on any atom is -0.456 e. The van der Waals surface area contributed by atoms with E-state index < -0.39 is 0 Å². The van der Waals surface area contributed by atoms with Crippen molar-refractivity contribution in [1.82, 2.24) is 15.0 Å². The predicted octanol–water partition coefficient (Wildman–Crippen LogP) is 15.1. The summed E-state index contributed by atoms with van der Waals surface area (Å²) in [6.07, 6.45) is 1.83. The Hall–Kier alpha value is -8.21. The number of benzene rings is 8. The summed E-state index contributed by atoms with van der Waals surface area (Å²) in [6, 6.07) is 81.3. The van der Waals surface area contributed by atoms with E-state index in [0.717, 1.165) is 72.4 Å². The molecule has 0 aliphatic carbocycles. The molecule has 0 radical (unpaired) electrons. The Kier molecular flexibility index (Phi) is 10.0. The number of nitrogens with zero attached hydrogens (tertiary/aromatic N) is 3. The zero-order valence-corrected chi connectivity index (χ0v) is 34.4. The van der Waals surface area contributed by atoms with Gasteiger partial charge in [0.25, 0.3) is 0 Å². The van der Waals surface area contributed by atoms with Crippen molar-refractivity contribution in [3.63, 3.8) is 0 Å². The van der Waals surface area contributed by atoms with Gasteiger partial charge in [-0.2, -0.15) is 0 Å². The molecule has 0 bridgehead atoms. The van der Waals surface area contributed by atoms with Crippen LogP contribution >= 0.6 is 0 Å². The first-order valence-corrected chi connectivity index (χ1v) is 21.4. The van der Waals surface area contributed by atoms with Crippen molar-refractivity contribution >= 4 is 21.9 Å². The molecule has 8 aromatic carbocycles. The Morgan fingerprint density at radius 2 is 0.778 bits per heavy atom. The summed E-state index contributed by atoms with van der Waals surface area (Å²) < 4.78 is 6.46. The number of pyridine rings is 1. The second-order valence-electron chi connectivity index (χ2n) is 15.9. The molecule has 3 aromatic heterocycles. The zero-order valence-electron chi connectivity index (χ0n) is 34.4. The van der Waals surface area contributed by atoms with Crippen molar-refractivity contribution < 1.29 is 4.42 Å². The fraction of sp³-hybridized carbons (Fsp3) is 0.0339. The molecule has 0 saturated heterocycles. The van der Waals surface area contributed by atoms with E-state index in [1.165, 1.54) is 22.3 Å². The van der Waals surface area contributed by atoms with E-state index in [9.17, 15) is 0 Å². The van der Waals surface area contributed by atoms with E-state index in [-0.39, 0.29) is 11.8 Å². The van der Waals surface area contributed by atoms with Crippen molar-refractivity contribution in [2.24, 2.45) is 0 Å². The summed E-state index contributed by atoms with van der Waals surface area (Å²) in [5.41, 5.74) is 15.7. The molecular formula is C59H41N3O. The Balaban J connectivity index is 0.951. The molecule has 4 nitrogen and oxygen atoms in total. The molecule has 0 saturated carbocycles. The molecule has 63 heavy (non-hydrogen) atoms. The van der Waals surface area contributed by atoms with Gasteiger partial charge in [0.15, 0.2) is 5.82 Å².